The van der Waals surface area contributed by atoms with Crippen molar-refractivity contribution in [1.82, 2.24) is 10.6 Å². The summed E-state index contributed by atoms with van der Waals surface area (Å²) in [4.78, 5) is 11.5. The number of ether oxygens (including phenoxy) is 1. The summed E-state index contributed by atoms with van der Waals surface area (Å²) in [6.07, 6.45) is -4.50. The normalized spacial score (nSPS) is 15.2. The minimum absolute atomic E-state index is 0.305. The Hall–Kier alpha value is -0.820. The Morgan fingerprint density at radius 3 is 2.44 bits per heavy atom. The van der Waals surface area contributed by atoms with Gasteiger partial charge < -0.3 is 15.4 Å². The SMILES string of the molecule is COCCCNC(=O)C(C)NC(C)CC(F)(F)F. The van der Waals surface area contributed by atoms with Crippen molar-refractivity contribution in [2.24, 2.45) is 0 Å². The number of hydrogen-bond donors (Lipinski definition) is 2. The van der Waals surface area contributed by atoms with Gasteiger partial charge in [0.15, 0.2) is 0 Å². The van der Waals surface area contributed by atoms with Gasteiger partial charge in [-0.1, -0.05) is 0 Å². The van der Waals surface area contributed by atoms with Gasteiger partial charge in [0, 0.05) is 26.3 Å². The Morgan fingerprint density at radius 2 is 1.94 bits per heavy atom. The number of rotatable bonds is 8. The quantitative estimate of drug-likeness (QED) is 0.656. The number of alkyl halides is 3. The minimum atomic E-state index is -4.22. The molecule has 0 radical (unpaired) electrons. The van der Waals surface area contributed by atoms with Crippen LogP contribution in [0.1, 0.15) is 26.7 Å². The van der Waals surface area contributed by atoms with E-state index in [0.29, 0.717) is 19.6 Å². The van der Waals surface area contributed by atoms with E-state index >= 15 is 0 Å². The second-order valence-corrected chi connectivity index (χ2v) is 4.25. The Balaban J connectivity index is 3.86. The van der Waals surface area contributed by atoms with Crippen molar-refractivity contribution in [3.05, 3.63) is 0 Å². The van der Waals surface area contributed by atoms with Crippen molar-refractivity contribution >= 4 is 5.91 Å². The number of methoxy groups -OCH3 is 1. The molecule has 0 saturated heterocycles. The van der Waals surface area contributed by atoms with E-state index in [1.807, 2.05) is 0 Å². The highest BCUT2D eigenvalue weighted by Gasteiger charge is 2.30. The largest absolute Gasteiger partial charge is 0.390 e. The second kappa shape index (κ2) is 8.31. The number of nitrogens with one attached hydrogen (secondary N) is 2. The molecule has 0 aromatic rings. The Labute approximate surface area is 105 Å². The van der Waals surface area contributed by atoms with Gasteiger partial charge in [-0.3, -0.25) is 4.79 Å². The van der Waals surface area contributed by atoms with Crippen LogP contribution in [0, 0.1) is 0 Å². The molecule has 0 spiro atoms. The predicted octanol–water partition coefficient (Wildman–Crippen LogP) is 1.46. The summed E-state index contributed by atoms with van der Waals surface area (Å²) < 4.78 is 41.1. The summed E-state index contributed by atoms with van der Waals surface area (Å²) in [7, 11) is 1.56. The number of hydrogen-bond acceptors (Lipinski definition) is 3. The van der Waals surface area contributed by atoms with E-state index in [4.69, 9.17) is 4.74 Å². The van der Waals surface area contributed by atoms with Crippen molar-refractivity contribution in [2.75, 3.05) is 20.3 Å². The average molecular weight is 270 g/mol. The molecule has 7 heteroatoms. The first-order valence-electron chi connectivity index (χ1n) is 5.85. The highest BCUT2D eigenvalue weighted by Crippen LogP contribution is 2.21. The molecular formula is C11H21F3N2O2. The molecule has 1 amide bonds. The number of carbonyl (C=O) groups excluding carboxylic acids is 1. The summed E-state index contributed by atoms with van der Waals surface area (Å²) in [6.45, 7) is 3.93. The molecule has 0 aromatic heterocycles. The monoisotopic (exact) mass is 270 g/mol. The van der Waals surface area contributed by atoms with Gasteiger partial charge in [-0.05, 0) is 20.3 Å². The van der Waals surface area contributed by atoms with Gasteiger partial charge in [0.25, 0.3) is 0 Å². The van der Waals surface area contributed by atoms with Crippen LogP contribution in [0.25, 0.3) is 0 Å². The highest BCUT2D eigenvalue weighted by atomic mass is 19.4. The Bertz CT molecular complexity index is 247. The molecule has 2 N–H and O–H groups in total. The zero-order valence-electron chi connectivity index (χ0n) is 10.9. The summed E-state index contributed by atoms with van der Waals surface area (Å²) in [5, 5.41) is 5.24. The molecule has 0 saturated carbocycles. The molecule has 108 valence electrons. The molecule has 0 fully saturated rings. The molecule has 0 aliphatic rings. The standard InChI is InChI=1S/C11H21F3N2O2/c1-8(7-11(12,13)14)16-9(2)10(17)15-5-4-6-18-3/h8-9,16H,4-7H2,1-3H3,(H,15,17). The van der Waals surface area contributed by atoms with Crippen LogP contribution in [0.4, 0.5) is 13.2 Å². The van der Waals surface area contributed by atoms with Crippen LogP contribution in [-0.4, -0.2) is 44.4 Å². The lowest BCUT2D eigenvalue weighted by molar-refractivity contribution is -0.140. The third-order valence-electron chi connectivity index (χ3n) is 2.29. The molecule has 2 atom stereocenters. The minimum Gasteiger partial charge on any atom is -0.385 e. The predicted molar refractivity (Wildman–Crippen MR) is 62.2 cm³/mol. The van der Waals surface area contributed by atoms with Gasteiger partial charge in [0.05, 0.1) is 12.5 Å². The first-order valence-corrected chi connectivity index (χ1v) is 5.85. The van der Waals surface area contributed by atoms with Crippen molar-refractivity contribution in [3.8, 4) is 0 Å². The number of halogens is 3. The van der Waals surface area contributed by atoms with E-state index in [0.717, 1.165) is 0 Å². The van der Waals surface area contributed by atoms with Crippen LogP contribution in [0.2, 0.25) is 0 Å². The number of carbonyl (C=O) groups is 1. The molecule has 0 aliphatic heterocycles. The third-order valence-corrected chi connectivity index (χ3v) is 2.29. The van der Waals surface area contributed by atoms with Gasteiger partial charge in [-0.2, -0.15) is 13.2 Å². The summed E-state index contributed by atoms with van der Waals surface area (Å²) in [5.41, 5.74) is 0. The van der Waals surface area contributed by atoms with E-state index in [9.17, 15) is 18.0 Å². The third kappa shape index (κ3) is 9.23. The van der Waals surface area contributed by atoms with E-state index in [2.05, 4.69) is 10.6 Å². The van der Waals surface area contributed by atoms with E-state index in [1.54, 1.807) is 14.0 Å². The first-order chi connectivity index (χ1) is 8.26. The number of amides is 1. The van der Waals surface area contributed by atoms with Crippen molar-refractivity contribution in [1.29, 1.82) is 0 Å². The van der Waals surface area contributed by atoms with Gasteiger partial charge in [-0.25, -0.2) is 0 Å². The second-order valence-electron chi connectivity index (χ2n) is 4.25. The topological polar surface area (TPSA) is 50.4 Å². The lowest BCUT2D eigenvalue weighted by Crippen LogP contribution is -2.47. The van der Waals surface area contributed by atoms with E-state index in [-0.39, 0.29) is 5.91 Å². The summed E-state index contributed by atoms with van der Waals surface area (Å²) >= 11 is 0. The fourth-order valence-electron chi connectivity index (χ4n) is 1.49. The van der Waals surface area contributed by atoms with Crippen LogP contribution in [0.5, 0.6) is 0 Å². The zero-order chi connectivity index (χ0) is 14.2. The molecule has 4 nitrogen and oxygen atoms in total. The molecule has 0 aromatic carbocycles. The Kier molecular flexibility index (Phi) is 7.93. The Morgan fingerprint density at radius 1 is 1.33 bits per heavy atom. The van der Waals surface area contributed by atoms with Crippen LogP contribution >= 0.6 is 0 Å². The van der Waals surface area contributed by atoms with Gasteiger partial charge in [0.1, 0.15) is 0 Å². The van der Waals surface area contributed by atoms with Crippen molar-refractivity contribution in [2.45, 2.75) is 44.9 Å². The van der Waals surface area contributed by atoms with Crippen molar-refractivity contribution < 1.29 is 22.7 Å². The van der Waals surface area contributed by atoms with Crippen molar-refractivity contribution in [3.63, 3.8) is 0 Å². The molecule has 18 heavy (non-hydrogen) atoms. The maximum Gasteiger partial charge on any atom is 0.390 e. The highest BCUT2D eigenvalue weighted by molar-refractivity contribution is 5.81. The molecule has 2 unspecified atom stereocenters. The fourth-order valence-corrected chi connectivity index (χ4v) is 1.49. The lowest BCUT2D eigenvalue weighted by atomic mass is 10.2. The summed E-state index contributed by atoms with van der Waals surface area (Å²) in [6, 6.07) is -1.44. The van der Waals surface area contributed by atoms with Gasteiger partial charge >= 0.3 is 6.18 Å². The molecule has 0 aliphatic carbocycles. The maximum absolute atomic E-state index is 12.1. The average Bonchev–Trinajstić information content (AvgIpc) is 2.21. The van der Waals surface area contributed by atoms with Gasteiger partial charge in [-0.15, -0.1) is 0 Å². The molecule has 0 rings (SSSR count). The van der Waals surface area contributed by atoms with Crippen LogP contribution in [-0.2, 0) is 9.53 Å². The molecule has 0 bridgehead atoms. The molecular weight excluding hydrogens is 249 g/mol. The van der Waals surface area contributed by atoms with E-state index < -0.39 is 24.7 Å². The lowest BCUT2D eigenvalue weighted by Gasteiger charge is -2.20. The first kappa shape index (κ1) is 17.2. The molecule has 0 heterocycles. The van der Waals surface area contributed by atoms with E-state index in [1.165, 1.54) is 6.92 Å². The smallest absolute Gasteiger partial charge is 0.385 e. The maximum atomic E-state index is 12.1. The van der Waals surface area contributed by atoms with Crippen LogP contribution < -0.4 is 10.6 Å². The zero-order valence-corrected chi connectivity index (χ0v) is 10.9. The summed E-state index contributed by atoms with van der Waals surface area (Å²) in [5.74, 6) is -0.305. The van der Waals surface area contributed by atoms with Gasteiger partial charge in [0.2, 0.25) is 5.91 Å². The van der Waals surface area contributed by atoms with Crippen LogP contribution in [0.15, 0.2) is 0 Å². The fraction of sp³-hybridized carbons (Fsp3) is 0.909. The van der Waals surface area contributed by atoms with Crippen LogP contribution in [0.3, 0.4) is 0 Å².